The van der Waals surface area contributed by atoms with Crippen LogP contribution in [0.3, 0.4) is 0 Å². The van der Waals surface area contributed by atoms with E-state index in [1.54, 1.807) is 36.4 Å². The highest BCUT2D eigenvalue weighted by Crippen LogP contribution is 2.33. The molecule has 0 aliphatic rings. The predicted molar refractivity (Wildman–Crippen MR) is 138 cm³/mol. The van der Waals surface area contributed by atoms with Crippen LogP contribution in [0.15, 0.2) is 65.1 Å². The van der Waals surface area contributed by atoms with Crippen LogP contribution in [0.1, 0.15) is 11.4 Å². The number of ether oxygens (including phenoxy) is 2. The van der Waals surface area contributed by atoms with Crippen LogP contribution in [0.2, 0.25) is 0 Å². The third-order valence-corrected chi connectivity index (χ3v) is 5.11. The molecular formula is C26H21N7O4. The van der Waals surface area contributed by atoms with Gasteiger partial charge in [-0.05, 0) is 31.0 Å². The number of anilines is 4. The van der Waals surface area contributed by atoms with Crippen molar-refractivity contribution in [1.29, 1.82) is 0 Å². The number of carbonyl (C=O) groups is 1. The number of benzene rings is 2. The van der Waals surface area contributed by atoms with Crippen molar-refractivity contribution in [2.75, 3.05) is 23.1 Å². The number of carbonyl (C=O) groups excluding carboxylic acids is 1. The summed E-state index contributed by atoms with van der Waals surface area (Å²) in [7, 11) is 1.49. The number of aromatic nitrogens is 4. The van der Waals surface area contributed by atoms with Crippen LogP contribution in [-0.2, 0) is 0 Å². The standard InChI is InChI=1S/C26H21N7O4/c1-4-17-14-23(33-32-17)29-22-11-15(2)27-26(30-22)37-20-10-9-18(13-21(20)35-3)28-25(34)31-24-12-16-7-5-6-8-19(16)36-24/h1,5-14H,2-3H3,(H2,28,31,34)(H2,27,29,30,32,33). The van der Waals surface area contributed by atoms with Crippen molar-refractivity contribution >= 4 is 40.2 Å². The summed E-state index contributed by atoms with van der Waals surface area (Å²) in [5, 5.41) is 16.1. The van der Waals surface area contributed by atoms with Gasteiger partial charge in [-0.2, -0.15) is 10.1 Å². The average molecular weight is 495 g/mol. The van der Waals surface area contributed by atoms with Crippen LogP contribution in [0, 0.1) is 19.3 Å². The molecule has 0 aliphatic heterocycles. The fraction of sp³-hybridized carbons (Fsp3) is 0.0769. The molecule has 0 atom stereocenters. The lowest BCUT2D eigenvalue weighted by Crippen LogP contribution is -2.19. The molecule has 184 valence electrons. The first-order valence-corrected chi connectivity index (χ1v) is 11.1. The van der Waals surface area contributed by atoms with Crippen LogP contribution < -0.4 is 25.4 Å². The minimum atomic E-state index is -0.473. The molecule has 0 saturated heterocycles. The molecular weight excluding hydrogens is 474 g/mol. The molecule has 0 radical (unpaired) electrons. The van der Waals surface area contributed by atoms with Crippen LogP contribution >= 0.6 is 0 Å². The normalized spacial score (nSPS) is 10.5. The lowest BCUT2D eigenvalue weighted by atomic mass is 10.2. The number of hydrogen-bond acceptors (Lipinski definition) is 8. The van der Waals surface area contributed by atoms with Gasteiger partial charge in [0.05, 0.1) is 7.11 Å². The zero-order valence-corrected chi connectivity index (χ0v) is 19.8. The lowest BCUT2D eigenvalue weighted by Gasteiger charge is -2.13. The Morgan fingerprint density at radius 2 is 1.92 bits per heavy atom. The number of aryl methyl sites for hydroxylation is 1. The SMILES string of the molecule is C#Cc1cc(Nc2cc(C)nc(Oc3ccc(NC(=O)Nc4cc5ccccc5o4)cc3OC)n2)[nH]n1. The first kappa shape index (κ1) is 23.3. The number of H-pyrrole nitrogens is 1. The molecule has 0 spiro atoms. The van der Waals surface area contributed by atoms with E-state index in [1.807, 2.05) is 31.2 Å². The Morgan fingerprint density at radius 1 is 1.05 bits per heavy atom. The fourth-order valence-electron chi connectivity index (χ4n) is 3.49. The van der Waals surface area contributed by atoms with Crippen LogP contribution in [0.5, 0.6) is 17.5 Å². The first-order chi connectivity index (χ1) is 18.0. The van der Waals surface area contributed by atoms with E-state index in [9.17, 15) is 4.79 Å². The maximum atomic E-state index is 12.5. The molecule has 4 N–H and O–H groups in total. The van der Waals surface area contributed by atoms with Gasteiger partial charge in [0.2, 0.25) is 5.88 Å². The van der Waals surface area contributed by atoms with Crippen molar-refractivity contribution in [3.05, 3.63) is 72.1 Å². The maximum absolute atomic E-state index is 12.5. The van der Waals surface area contributed by atoms with Gasteiger partial charge in [0.15, 0.2) is 11.5 Å². The number of rotatable bonds is 7. The number of methoxy groups -OCH3 is 1. The number of amides is 2. The van der Waals surface area contributed by atoms with Crippen molar-refractivity contribution < 1.29 is 18.7 Å². The molecule has 37 heavy (non-hydrogen) atoms. The molecule has 3 heterocycles. The molecule has 0 aliphatic carbocycles. The largest absolute Gasteiger partial charge is 0.493 e. The van der Waals surface area contributed by atoms with Gasteiger partial charge in [-0.3, -0.25) is 10.4 Å². The van der Waals surface area contributed by atoms with E-state index in [4.69, 9.17) is 20.3 Å². The zero-order valence-electron chi connectivity index (χ0n) is 19.8. The number of nitrogens with one attached hydrogen (secondary N) is 4. The summed E-state index contributed by atoms with van der Waals surface area (Å²) in [5.41, 5.74) is 2.30. The van der Waals surface area contributed by atoms with Crippen LogP contribution in [0.25, 0.3) is 11.0 Å². The molecule has 5 aromatic rings. The Bertz CT molecular complexity index is 1600. The number of nitrogens with zero attached hydrogens (tertiary/aromatic N) is 3. The second-order valence-electron chi connectivity index (χ2n) is 7.81. The summed E-state index contributed by atoms with van der Waals surface area (Å²) in [6.07, 6.45) is 5.36. The number of hydrogen-bond donors (Lipinski definition) is 4. The second kappa shape index (κ2) is 10.0. The molecule has 3 aromatic heterocycles. The second-order valence-corrected chi connectivity index (χ2v) is 7.81. The van der Waals surface area contributed by atoms with Crippen molar-refractivity contribution in [3.8, 4) is 29.9 Å². The summed E-state index contributed by atoms with van der Waals surface area (Å²) < 4.78 is 17.0. The molecule has 0 bridgehead atoms. The van der Waals surface area contributed by atoms with E-state index in [0.717, 1.165) is 5.39 Å². The van der Waals surface area contributed by atoms with Gasteiger partial charge in [0.1, 0.15) is 22.9 Å². The van der Waals surface area contributed by atoms with Crippen molar-refractivity contribution in [2.45, 2.75) is 6.92 Å². The number of furan rings is 1. The molecule has 5 rings (SSSR count). The van der Waals surface area contributed by atoms with Crippen LogP contribution in [0.4, 0.5) is 28.0 Å². The lowest BCUT2D eigenvalue weighted by molar-refractivity contribution is 0.261. The Kier molecular flexibility index (Phi) is 6.29. The third-order valence-electron chi connectivity index (χ3n) is 5.11. The van der Waals surface area contributed by atoms with E-state index >= 15 is 0 Å². The van der Waals surface area contributed by atoms with E-state index in [-0.39, 0.29) is 6.01 Å². The average Bonchev–Trinajstić information content (AvgIpc) is 3.50. The number of aromatic amines is 1. The Hall–Kier alpha value is -5.50. The first-order valence-electron chi connectivity index (χ1n) is 11.1. The smallest absolute Gasteiger partial charge is 0.326 e. The van der Waals surface area contributed by atoms with Crippen LogP contribution in [-0.4, -0.2) is 33.3 Å². The highest BCUT2D eigenvalue weighted by atomic mass is 16.5. The van der Waals surface area contributed by atoms with Crippen molar-refractivity contribution in [2.24, 2.45) is 0 Å². The summed E-state index contributed by atoms with van der Waals surface area (Å²) in [6, 6.07) is 17.2. The van der Waals surface area contributed by atoms with Gasteiger partial charge in [0.25, 0.3) is 0 Å². The van der Waals surface area contributed by atoms with Gasteiger partial charge in [-0.1, -0.05) is 18.2 Å². The predicted octanol–water partition coefficient (Wildman–Crippen LogP) is 5.42. The minimum Gasteiger partial charge on any atom is -0.493 e. The molecule has 0 saturated carbocycles. The summed E-state index contributed by atoms with van der Waals surface area (Å²) in [5.74, 6) is 4.56. The number of terminal acetylenes is 1. The van der Waals surface area contributed by atoms with Crippen molar-refractivity contribution in [3.63, 3.8) is 0 Å². The van der Waals surface area contributed by atoms with E-state index in [1.165, 1.54) is 7.11 Å². The number of fused-ring (bicyclic) bond motifs is 1. The zero-order chi connectivity index (χ0) is 25.8. The van der Waals surface area contributed by atoms with E-state index < -0.39 is 6.03 Å². The maximum Gasteiger partial charge on any atom is 0.326 e. The van der Waals surface area contributed by atoms with E-state index in [0.29, 0.717) is 51.7 Å². The van der Waals surface area contributed by atoms with Gasteiger partial charge < -0.3 is 24.5 Å². The summed E-state index contributed by atoms with van der Waals surface area (Å²) >= 11 is 0. The topological polar surface area (TPSA) is 139 Å². The van der Waals surface area contributed by atoms with Crippen molar-refractivity contribution in [1.82, 2.24) is 20.2 Å². The summed E-state index contributed by atoms with van der Waals surface area (Å²) in [4.78, 5) is 21.2. The minimum absolute atomic E-state index is 0.0980. The molecule has 11 heteroatoms. The molecule has 2 aromatic carbocycles. The van der Waals surface area contributed by atoms with Gasteiger partial charge in [-0.25, -0.2) is 9.78 Å². The third kappa shape index (κ3) is 5.44. The highest BCUT2D eigenvalue weighted by Gasteiger charge is 2.13. The van der Waals surface area contributed by atoms with E-state index in [2.05, 4.69) is 42.0 Å². The summed E-state index contributed by atoms with van der Waals surface area (Å²) in [6.45, 7) is 1.81. The quantitative estimate of drug-likeness (QED) is 0.219. The molecule has 11 nitrogen and oxygen atoms in total. The Balaban J connectivity index is 1.28. The van der Waals surface area contributed by atoms with Gasteiger partial charge >= 0.3 is 12.0 Å². The van der Waals surface area contributed by atoms with Gasteiger partial charge in [-0.15, -0.1) is 6.42 Å². The molecule has 0 fully saturated rings. The monoisotopic (exact) mass is 495 g/mol. The Labute approximate surface area is 211 Å². The number of para-hydroxylation sites is 1. The highest BCUT2D eigenvalue weighted by molar-refractivity contribution is 6.00. The fourth-order valence-corrected chi connectivity index (χ4v) is 3.49. The molecule has 0 unspecified atom stereocenters. The molecule has 2 amide bonds. The van der Waals surface area contributed by atoms with Gasteiger partial charge in [0, 0.05) is 41.0 Å². The number of urea groups is 1. The Morgan fingerprint density at radius 3 is 2.70 bits per heavy atom.